The molecule has 0 aliphatic heterocycles. The summed E-state index contributed by atoms with van der Waals surface area (Å²) in [5.41, 5.74) is 3.83. The maximum absolute atomic E-state index is 11.2. The van der Waals surface area contributed by atoms with Gasteiger partial charge in [-0.1, -0.05) is 0 Å². The number of hydrogen-bond acceptors (Lipinski definition) is 4. The molecule has 0 saturated heterocycles. The average molecular weight is 285 g/mol. The predicted octanol–water partition coefficient (Wildman–Crippen LogP) is 1.93. The Balaban J connectivity index is 2.25. The van der Waals surface area contributed by atoms with Gasteiger partial charge in [0.05, 0.1) is 11.4 Å². The van der Waals surface area contributed by atoms with Crippen LogP contribution >= 0.6 is 0 Å². The quantitative estimate of drug-likeness (QED) is 0.794. The second kappa shape index (κ2) is 4.69. The first kappa shape index (κ1) is 13.3. The maximum Gasteiger partial charge on any atom is 0.358 e. The van der Waals surface area contributed by atoms with Crippen molar-refractivity contribution in [3.8, 4) is 11.3 Å². The number of aryl methyl sites for hydroxylation is 2. The van der Waals surface area contributed by atoms with Gasteiger partial charge in [0.25, 0.3) is 0 Å². The van der Waals surface area contributed by atoms with Crippen molar-refractivity contribution in [2.24, 2.45) is 0 Å². The number of carbonyl (C=O) groups is 1. The van der Waals surface area contributed by atoms with Gasteiger partial charge < -0.3 is 9.51 Å². The molecule has 0 radical (unpaired) electrons. The molecule has 21 heavy (non-hydrogen) atoms. The molecule has 7 heteroatoms. The molecule has 0 amide bonds. The molecule has 7 nitrogen and oxygen atoms in total. The molecule has 3 aromatic rings. The van der Waals surface area contributed by atoms with Crippen LogP contribution < -0.4 is 0 Å². The number of rotatable bonds is 3. The molecule has 0 aliphatic carbocycles. The lowest BCUT2D eigenvalue weighted by Gasteiger charge is -1.99. The third-order valence-electron chi connectivity index (χ3n) is 3.51. The number of aromatic carboxylic acids is 1. The highest BCUT2D eigenvalue weighted by Crippen LogP contribution is 2.26. The second-order valence-corrected chi connectivity index (χ2v) is 4.80. The van der Waals surface area contributed by atoms with E-state index in [1.807, 2.05) is 25.5 Å². The minimum Gasteiger partial charge on any atom is -0.476 e. The summed E-state index contributed by atoms with van der Waals surface area (Å²) in [7, 11) is 0. The lowest BCUT2D eigenvalue weighted by Crippen LogP contribution is -2.03. The third kappa shape index (κ3) is 1.97. The SMILES string of the molecule is CCn1nc(C)c(-c2cn3ccnc(C(=O)O)c3n2)c1C. The molecule has 0 unspecified atom stereocenters. The summed E-state index contributed by atoms with van der Waals surface area (Å²) in [6.07, 6.45) is 4.95. The molecule has 0 fully saturated rings. The fourth-order valence-corrected chi connectivity index (χ4v) is 2.57. The number of aromatic nitrogens is 5. The Labute approximate surface area is 120 Å². The average Bonchev–Trinajstić information content (AvgIpc) is 2.98. The zero-order valence-electron chi connectivity index (χ0n) is 12.0. The van der Waals surface area contributed by atoms with E-state index in [1.165, 1.54) is 6.20 Å². The Bertz CT molecular complexity index is 847. The first-order valence-corrected chi connectivity index (χ1v) is 6.64. The topological polar surface area (TPSA) is 85.3 Å². The van der Waals surface area contributed by atoms with Gasteiger partial charge in [-0.3, -0.25) is 4.68 Å². The predicted molar refractivity (Wildman–Crippen MR) is 76.3 cm³/mol. The number of carboxylic acids is 1. The zero-order valence-corrected chi connectivity index (χ0v) is 12.0. The van der Waals surface area contributed by atoms with Crippen LogP contribution in [0.3, 0.4) is 0 Å². The molecule has 0 aromatic carbocycles. The van der Waals surface area contributed by atoms with Crippen molar-refractivity contribution in [1.82, 2.24) is 24.1 Å². The molecule has 0 spiro atoms. The van der Waals surface area contributed by atoms with Crippen LogP contribution in [0.15, 0.2) is 18.6 Å². The highest BCUT2D eigenvalue weighted by atomic mass is 16.4. The molecule has 0 atom stereocenters. The Morgan fingerprint density at radius 1 is 1.38 bits per heavy atom. The summed E-state index contributed by atoms with van der Waals surface area (Å²) in [5.74, 6) is -1.09. The van der Waals surface area contributed by atoms with Gasteiger partial charge in [-0.2, -0.15) is 5.10 Å². The molecule has 108 valence electrons. The summed E-state index contributed by atoms with van der Waals surface area (Å²) in [5, 5.41) is 13.6. The zero-order chi connectivity index (χ0) is 15.1. The smallest absolute Gasteiger partial charge is 0.358 e. The van der Waals surface area contributed by atoms with E-state index in [2.05, 4.69) is 15.1 Å². The van der Waals surface area contributed by atoms with E-state index in [1.54, 1.807) is 16.8 Å². The van der Waals surface area contributed by atoms with Gasteiger partial charge in [-0.15, -0.1) is 0 Å². The van der Waals surface area contributed by atoms with E-state index in [0.717, 1.165) is 23.5 Å². The molecular weight excluding hydrogens is 270 g/mol. The van der Waals surface area contributed by atoms with E-state index >= 15 is 0 Å². The van der Waals surface area contributed by atoms with Crippen LogP contribution in [-0.4, -0.2) is 35.2 Å². The first-order chi connectivity index (χ1) is 10.0. The molecule has 3 heterocycles. The fourth-order valence-electron chi connectivity index (χ4n) is 2.57. The Morgan fingerprint density at radius 2 is 2.14 bits per heavy atom. The normalized spacial score (nSPS) is 11.2. The highest BCUT2D eigenvalue weighted by molar-refractivity contribution is 5.92. The van der Waals surface area contributed by atoms with Crippen LogP contribution in [-0.2, 0) is 6.54 Å². The number of imidazole rings is 1. The molecule has 0 aliphatic rings. The van der Waals surface area contributed by atoms with E-state index in [4.69, 9.17) is 0 Å². The molecule has 0 bridgehead atoms. The largest absolute Gasteiger partial charge is 0.476 e. The molecule has 0 saturated carbocycles. The summed E-state index contributed by atoms with van der Waals surface area (Å²) < 4.78 is 3.58. The van der Waals surface area contributed by atoms with Crippen molar-refractivity contribution in [1.29, 1.82) is 0 Å². The van der Waals surface area contributed by atoms with Crippen molar-refractivity contribution in [3.05, 3.63) is 35.7 Å². The van der Waals surface area contributed by atoms with Crippen molar-refractivity contribution >= 4 is 11.6 Å². The van der Waals surface area contributed by atoms with E-state index in [-0.39, 0.29) is 5.69 Å². The van der Waals surface area contributed by atoms with Crippen molar-refractivity contribution in [3.63, 3.8) is 0 Å². The van der Waals surface area contributed by atoms with Gasteiger partial charge in [0.1, 0.15) is 0 Å². The van der Waals surface area contributed by atoms with E-state index in [0.29, 0.717) is 11.3 Å². The minimum atomic E-state index is -1.09. The maximum atomic E-state index is 11.2. The number of carboxylic acid groups (broad SMARTS) is 1. The second-order valence-electron chi connectivity index (χ2n) is 4.80. The van der Waals surface area contributed by atoms with Crippen LogP contribution in [0.5, 0.6) is 0 Å². The Morgan fingerprint density at radius 3 is 2.76 bits per heavy atom. The van der Waals surface area contributed by atoms with Crippen molar-refractivity contribution in [2.45, 2.75) is 27.3 Å². The van der Waals surface area contributed by atoms with Crippen LogP contribution in [0.4, 0.5) is 0 Å². The van der Waals surface area contributed by atoms with Crippen molar-refractivity contribution in [2.75, 3.05) is 0 Å². The molecule has 3 aromatic heterocycles. The third-order valence-corrected chi connectivity index (χ3v) is 3.51. The lowest BCUT2D eigenvalue weighted by molar-refractivity contribution is 0.0692. The van der Waals surface area contributed by atoms with Gasteiger partial charge in [-0.25, -0.2) is 14.8 Å². The molecule has 3 rings (SSSR count). The first-order valence-electron chi connectivity index (χ1n) is 6.64. The van der Waals surface area contributed by atoms with Gasteiger partial charge in [-0.05, 0) is 20.8 Å². The van der Waals surface area contributed by atoms with Gasteiger partial charge in [0.2, 0.25) is 0 Å². The standard InChI is InChI=1S/C14H15N5O2/c1-4-19-9(3)11(8(2)17-19)10-7-18-6-5-15-12(14(20)21)13(18)16-10/h5-7H,4H2,1-3H3,(H,20,21). The Kier molecular flexibility index (Phi) is 2.97. The monoisotopic (exact) mass is 285 g/mol. The van der Waals surface area contributed by atoms with Crippen LogP contribution in [0.2, 0.25) is 0 Å². The van der Waals surface area contributed by atoms with Crippen LogP contribution in [0.25, 0.3) is 16.9 Å². The van der Waals surface area contributed by atoms with Gasteiger partial charge in [0.15, 0.2) is 11.3 Å². The van der Waals surface area contributed by atoms with E-state index in [9.17, 15) is 9.90 Å². The lowest BCUT2D eigenvalue weighted by atomic mass is 10.1. The summed E-state index contributed by atoms with van der Waals surface area (Å²) >= 11 is 0. The van der Waals surface area contributed by atoms with Crippen LogP contribution in [0.1, 0.15) is 28.8 Å². The molecular formula is C14H15N5O2. The van der Waals surface area contributed by atoms with E-state index < -0.39 is 5.97 Å². The molecule has 1 N–H and O–H groups in total. The highest BCUT2D eigenvalue weighted by Gasteiger charge is 2.18. The summed E-state index contributed by atoms with van der Waals surface area (Å²) in [4.78, 5) is 19.5. The van der Waals surface area contributed by atoms with Crippen LogP contribution in [0, 0.1) is 13.8 Å². The fraction of sp³-hybridized carbons (Fsp3) is 0.286. The Hall–Kier alpha value is -2.70. The number of hydrogen-bond donors (Lipinski definition) is 1. The van der Waals surface area contributed by atoms with Gasteiger partial charge in [0, 0.05) is 36.4 Å². The summed E-state index contributed by atoms with van der Waals surface area (Å²) in [6, 6.07) is 0. The summed E-state index contributed by atoms with van der Waals surface area (Å²) in [6.45, 7) is 6.72. The number of nitrogens with zero attached hydrogens (tertiary/aromatic N) is 5. The van der Waals surface area contributed by atoms with Crippen molar-refractivity contribution < 1.29 is 9.90 Å². The number of fused-ring (bicyclic) bond motifs is 1. The minimum absolute atomic E-state index is 0.0538. The van der Waals surface area contributed by atoms with Gasteiger partial charge >= 0.3 is 5.97 Å².